The monoisotopic (exact) mass is 239 g/mol. The zero-order valence-corrected chi connectivity index (χ0v) is 11.0. The van der Waals surface area contributed by atoms with Gasteiger partial charge in [-0.25, -0.2) is 0 Å². The van der Waals surface area contributed by atoms with Crippen LogP contribution in [0.25, 0.3) is 0 Å². The van der Waals surface area contributed by atoms with E-state index in [1.807, 2.05) is 25.5 Å². The van der Waals surface area contributed by atoms with Crippen molar-refractivity contribution in [1.82, 2.24) is 15.1 Å². The SMILES string of the molecule is CCn1nc(C)c(C(=O)NCCCOC)c1C. The summed E-state index contributed by atoms with van der Waals surface area (Å²) in [6.07, 6.45) is 0.822. The van der Waals surface area contributed by atoms with Crippen molar-refractivity contribution in [2.24, 2.45) is 0 Å². The third-order valence-electron chi connectivity index (χ3n) is 2.72. The average molecular weight is 239 g/mol. The minimum absolute atomic E-state index is 0.0456. The Morgan fingerprint density at radius 2 is 2.18 bits per heavy atom. The molecule has 0 aromatic carbocycles. The molecule has 0 radical (unpaired) electrons. The highest BCUT2D eigenvalue weighted by Gasteiger charge is 2.17. The number of nitrogens with one attached hydrogen (secondary N) is 1. The Bertz CT molecular complexity index is 385. The summed E-state index contributed by atoms with van der Waals surface area (Å²) in [7, 11) is 1.65. The number of amides is 1. The summed E-state index contributed by atoms with van der Waals surface area (Å²) in [6, 6.07) is 0. The maximum atomic E-state index is 12.0. The van der Waals surface area contributed by atoms with Crippen molar-refractivity contribution in [2.45, 2.75) is 33.7 Å². The van der Waals surface area contributed by atoms with Crippen molar-refractivity contribution >= 4 is 5.91 Å². The van der Waals surface area contributed by atoms with Crippen LogP contribution in [0.2, 0.25) is 0 Å². The van der Waals surface area contributed by atoms with Crippen LogP contribution in [0.3, 0.4) is 0 Å². The van der Waals surface area contributed by atoms with Crippen molar-refractivity contribution in [1.29, 1.82) is 0 Å². The zero-order valence-electron chi connectivity index (χ0n) is 11.0. The van der Waals surface area contributed by atoms with Crippen LogP contribution in [0.15, 0.2) is 0 Å². The molecule has 96 valence electrons. The fourth-order valence-electron chi connectivity index (χ4n) is 1.84. The van der Waals surface area contributed by atoms with Crippen LogP contribution < -0.4 is 5.32 Å². The summed E-state index contributed by atoms with van der Waals surface area (Å²) >= 11 is 0. The maximum absolute atomic E-state index is 12.0. The Morgan fingerprint density at radius 1 is 1.47 bits per heavy atom. The highest BCUT2D eigenvalue weighted by Crippen LogP contribution is 2.12. The first-order chi connectivity index (χ1) is 8.11. The lowest BCUT2D eigenvalue weighted by Gasteiger charge is -2.05. The molecule has 0 aliphatic rings. The number of nitrogens with zero attached hydrogens (tertiary/aromatic N) is 2. The smallest absolute Gasteiger partial charge is 0.255 e. The van der Waals surface area contributed by atoms with Crippen molar-refractivity contribution in [2.75, 3.05) is 20.3 Å². The van der Waals surface area contributed by atoms with E-state index < -0.39 is 0 Å². The highest BCUT2D eigenvalue weighted by atomic mass is 16.5. The average Bonchev–Trinajstić information content (AvgIpc) is 2.59. The van der Waals surface area contributed by atoms with E-state index in [0.717, 1.165) is 24.4 Å². The molecular formula is C12H21N3O2. The molecule has 0 spiro atoms. The van der Waals surface area contributed by atoms with Gasteiger partial charge < -0.3 is 10.1 Å². The second-order valence-electron chi connectivity index (χ2n) is 3.96. The lowest BCUT2D eigenvalue weighted by molar-refractivity contribution is 0.0947. The lowest BCUT2D eigenvalue weighted by atomic mass is 10.2. The zero-order chi connectivity index (χ0) is 12.8. The molecule has 0 unspecified atom stereocenters. The Kier molecular flexibility index (Phi) is 5.15. The molecule has 1 rings (SSSR count). The van der Waals surface area contributed by atoms with Gasteiger partial charge in [0, 0.05) is 32.5 Å². The Labute approximate surface area is 102 Å². The number of carbonyl (C=O) groups is 1. The first-order valence-corrected chi connectivity index (χ1v) is 5.93. The number of hydrogen-bond donors (Lipinski definition) is 1. The van der Waals surface area contributed by atoms with Gasteiger partial charge >= 0.3 is 0 Å². The molecule has 0 atom stereocenters. The van der Waals surface area contributed by atoms with Crippen LogP contribution in [-0.4, -0.2) is 35.9 Å². The fourth-order valence-corrected chi connectivity index (χ4v) is 1.84. The fraction of sp³-hybridized carbons (Fsp3) is 0.667. The largest absolute Gasteiger partial charge is 0.385 e. The quantitative estimate of drug-likeness (QED) is 0.761. The molecule has 1 heterocycles. The first-order valence-electron chi connectivity index (χ1n) is 5.93. The summed E-state index contributed by atoms with van der Waals surface area (Å²) < 4.78 is 6.78. The number of hydrogen-bond acceptors (Lipinski definition) is 3. The molecule has 1 amide bonds. The van der Waals surface area contributed by atoms with Crippen LogP contribution >= 0.6 is 0 Å². The number of rotatable bonds is 6. The van der Waals surface area contributed by atoms with Crippen molar-refractivity contribution in [3.8, 4) is 0 Å². The van der Waals surface area contributed by atoms with E-state index in [9.17, 15) is 4.79 Å². The van der Waals surface area contributed by atoms with E-state index in [4.69, 9.17) is 4.74 Å². The molecule has 5 heteroatoms. The van der Waals surface area contributed by atoms with E-state index in [1.54, 1.807) is 7.11 Å². The van der Waals surface area contributed by atoms with E-state index in [2.05, 4.69) is 10.4 Å². The van der Waals surface area contributed by atoms with Gasteiger partial charge in [0.2, 0.25) is 0 Å². The Morgan fingerprint density at radius 3 is 2.71 bits per heavy atom. The minimum atomic E-state index is -0.0456. The van der Waals surface area contributed by atoms with Crippen LogP contribution in [-0.2, 0) is 11.3 Å². The lowest BCUT2D eigenvalue weighted by Crippen LogP contribution is -2.26. The Hall–Kier alpha value is -1.36. The van der Waals surface area contributed by atoms with Gasteiger partial charge in [0.1, 0.15) is 0 Å². The topological polar surface area (TPSA) is 56.2 Å². The molecule has 1 aromatic rings. The van der Waals surface area contributed by atoms with Crippen molar-refractivity contribution < 1.29 is 9.53 Å². The predicted molar refractivity (Wildman–Crippen MR) is 66.2 cm³/mol. The summed E-state index contributed by atoms with van der Waals surface area (Å²) in [5, 5.41) is 7.21. The molecule has 1 aromatic heterocycles. The van der Waals surface area contributed by atoms with Gasteiger partial charge in [-0.05, 0) is 27.2 Å². The summed E-state index contributed by atoms with van der Waals surface area (Å²) in [4.78, 5) is 12.0. The second kappa shape index (κ2) is 6.39. The van der Waals surface area contributed by atoms with Gasteiger partial charge in [0.15, 0.2) is 0 Å². The van der Waals surface area contributed by atoms with Gasteiger partial charge in [0.05, 0.1) is 11.3 Å². The third kappa shape index (κ3) is 3.30. The highest BCUT2D eigenvalue weighted by molar-refractivity contribution is 5.96. The van der Waals surface area contributed by atoms with E-state index in [1.165, 1.54) is 0 Å². The standard InChI is InChI=1S/C12H21N3O2/c1-5-15-10(3)11(9(2)14-15)12(16)13-7-6-8-17-4/h5-8H2,1-4H3,(H,13,16). The minimum Gasteiger partial charge on any atom is -0.385 e. The molecule has 0 aliphatic heterocycles. The van der Waals surface area contributed by atoms with E-state index in [0.29, 0.717) is 18.7 Å². The summed E-state index contributed by atoms with van der Waals surface area (Å²) in [5.41, 5.74) is 2.41. The van der Waals surface area contributed by atoms with Crippen LogP contribution in [0.5, 0.6) is 0 Å². The molecule has 1 N–H and O–H groups in total. The van der Waals surface area contributed by atoms with Gasteiger partial charge in [-0.2, -0.15) is 5.10 Å². The maximum Gasteiger partial charge on any atom is 0.255 e. The van der Waals surface area contributed by atoms with Gasteiger partial charge in [0.25, 0.3) is 5.91 Å². The van der Waals surface area contributed by atoms with Gasteiger partial charge in [-0.1, -0.05) is 0 Å². The molecular weight excluding hydrogens is 218 g/mol. The molecule has 17 heavy (non-hydrogen) atoms. The molecule has 0 saturated heterocycles. The summed E-state index contributed by atoms with van der Waals surface area (Å²) in [5.74, 6) is -0.0456. The Balaban J connectivity index is 2.65. The molecule has 0 aliphatic carbocycles. The third-order valence-corrected chi connectivity index (χ3v) is 2.72. The number of methoxy groups -OCH3 is 1. The number of aromatic nitrogens is 2. The van der Waals surface area contributed by atoms with Crippen LogP contribution in [0.1, 0.15) is 35.1 Å². The van der Waals surface area contributed by atoms with E-state index >= 15 is 0 Å². The molecule has 0 saturated carbocycles. The number of ether oxygens (including phenoxy) is 1. The normalized spacial score (nSPS) is 10.6. The van der Waals surface area contributed by atoms with Gasteiger partial charge in [-0.3, -0.25) is 9.48 Å². The first kappa shape index (κ1) is 13.7. The van der Waals surface area contributed by atoms with Crippen molar-refractivity contribution in [3.05, 3.63) is 17.0 Å². The summed E-state index contributed by atoms with van der Waals surface area (Å²) in [6.45, 7) is 7.87. The van der Waals surface area contributed by atoms with Crippen LogP contribution in [0, 0.1) is 13.8 Å². The predicted octanol–water partition coefficient (Wildman–Crippen LogP) is 1.29. The number of aryl methyl sites for hydroxylation is 2. The molecule has 0 fully saturated rings. The van der Waals surface area contributed by atoms with E-state index in [-0.39, 0.29) is 5.91 Å². The molecule has 5 nitrogen and oxygen atoms in total. The number of carbonyl (C=O) groups excluding carboxylic acids is 1. The van der Waals surface area contributed by atoms with Gasteiger partial charge in [-0.15, -0.1) is 0 Å². The van der Waals surface area contributed by atoms with Crippen molar-refractivity contribution in [3.63, 3.8) is 0 Å². The molecule has 0 bridgehead atoms. The second-order valence-corrected chi connectivity index (χ2v) is 3.96. The van der Waals surface area contributed by atoms with Crippen LogP contribution in [0.4, 0.5) is 0 Å².